The van der Waals surface area contributed by atoms with Crippen LogP contribution in [-0.4, -0.2) is 10.8 Å². The first-order valence-electron chi connectivity index (χ1n) is 11.4. The van der Waals surface area contributed by atoms with Crippen molar-refractivity contribution in [3.8, 4) is 5.75 Å². The number of aliphatic imine (C=N–C) groups is 1. The molecule has 0 aliphatic heterocycles. The lowest BCUT2D eigenvalue weighted by molar-refractivity contribution is 0.475. The van der Waals surface area contributed by atoms with Crippen LogP contribution in [0.3, 0.4) is 0 Å². The molecule has 166 valence electrons. The van der Waals surface area contributed by atoms with Gasteiger partial charge >= 0.3 is 0 Å². The van der Waals surface area contributed by atoms with Crippen molar-refractivity contribution in [1.82, 2.24) is 0 Å². The van der Waals surface area contributed by atoms with Crippen molar-refractivity contribution in [3.63, 3.8) is 0 Å². The smallest absolute Gasteiger partial charge is 0.115 e. The predicted molar refractivity (Wildman–Crippen MR) is 136 cm³/mol. The van der Waals surface area contributed by atoms with Crippen LogP contribution in [0.2, 0.25) is 0 Å². The third-order valence-corrected chi connectivity index (χ3v) is 5.54. The van der Waals surface area contributed by atoms with E-state index in [-0.39, 0.29) is 5.41 Å². The molecule has 1 unspecified atom stereocenters. The summed E-state index contributed by atoms with van der Waals surface area (Å²) in [5.41, 5.74) is 6.56. The van der Waals surface area contributed by atoms with Crippen LogP contribution >= 0.6 is 0 Å². The molecule has 0 heterocycles. The Bertz CT molecular complexity index is 914. The monoisotopic (exact) mass is 417 g/mol. The van der Waals surface area contributed by atoms with Crippen molar-refractivity contribution in [2.45, 2.75) is 67.2 Å². The average molecular weight is 418 g/mol. The number of para-hydroxylation sites is 2. The SMILES string of the molecule is CC1C=CC(C(C)(C)C)=CC1=Nc1c(C(C)C)cccc1C(C)C.Oc1ccccc1. The second-order valence-electron chi connectivity index (χ2n) is 9.96. The summed E-state index contributed by atoms with van der Waals surface area (Å²) >= 11 is 0. The Morgan fingerprint density at radius 3 is 1.81 bits per heavy atom. The lowest BCUT2D eigenvalue weighted by Gasteiger charge is -2.25. The van der Waals surface area contributed by atoms with Crippen molar-refractivity contribution in [1.29, 1.82) is 0 Å². The van der Waals surface area contributed by atoms with Gasteiger partial charge in [0.2, 0.25) is 0 Å². The summed E-state index contributed by atoms with van der Waals surface area (Å²) < 4.78 is 0. The van der Waals surface area contributed by atoms with E-state index in [9.17, 15) is 0 Å². The molecule has 0 saturated carbocycles. The van der Waals surface area contributed by atoms with E-state index < -0.39 is 0 Å². The fourth-order valence-corrected chi connectivity index (χ4v) is 3.48. The normalized spacial score (nSPS) is 17.5. The Morgan fingerprint density at radius 2 is 1.39 bits per heavy atom. The second-order valence-corrected chi connectivity index (χ2v) is 9.96. The maximum Gasteiger partial charge on any atom is 0.115 e. The Labute approximate surface area is 189 Å². The zero-order chi connectivity index (χ0) is 23.2. The van der Waals surface area contributed by atoms with Crippen LogP contribution in [0.25, 0.3) is 0 Å². The highest BCUT2D eigenvalue weighted by molar-refractivity contribution is 6.01. The molecule has 0 spiro atoms. The number of allylic oxidation sites excluding steroid dienone is 4. The van der Waals surface area contributed by atoms with Crippen molar-refractivity contribution in [2.75, 3.05) is 0 Å². The maximum atomic E-state index is 8.63. The Kier molecular flexibility index (Phi) is 8.44. The molecule has 0 radical (unpaired) electrons. The Balaban J connectivity index is 0.000000412. The number of rotatable bonds is 3. The molecule has 2 aromatic carbocycles. The number of aromatic hydroxyl groups is 1. The minimum Gasteiger partial charge on any atom is -0.508 e. The summed E-state index contributed by atoms with van der Waals surface area (Å²) in [4.78, 5) is 5.19. The van der Waals surface area contributed by atoms with Crippen molar-refractivity contribution < 1.29 is 5.11 Å². The molecule has 0 amide bonds. The van der Waals surface area contributed by atoms with Gasteiger partial charge in [-0.1, -0.05) is 104 Å². The molecule has 1 aliphatic rings. The van der Waals surface area contributed by atoms with E-state index in [1.54, 1.807) is 24.3 Å². The van der Waals surface area contributed by atoms with Crippen LogP contribution in [0.15, 0.2) is 77.3 Å². The fraction of sp³-hybridized carbons (Fsp3) is 0.414. The van der Waals surface area contributed by atoms with Gasteiger partial charge < -0.3 is 5.11 Å². The van der Waals surface area contributed by atoms with E-state index in [0.29, 0.717) is 23.5 Å². The molecule has 1 aliphatic carbocycles. The second kappa shape index (κ2) is 10.6. The van der Waals surface area contributed by atoms with Gasteiger partial charge in [0.25, 0.3) is 0 Å². The number of phenols is 1. The van der Waals surface area contributed by atoms with Crippen molar-refractivity contribution in [3.05, 3.63) is 83.5 Å². The molecule has 2 nitrogen and oxygen atoms in total. The molecule has 0 bridgehead atoms. The molecule has 1 atom stereocenters. The Morgan fingerprint density at radius 1 is 0.839 bits per heavy atom. The third kappa shape index (κ3) is 6.95. The summed E-state index contributed by atoms with van der Waals surface area (Å²) in [5, 5.41) is 8.63. The number of phenolic OH excluding ortho intramolecular Hbond substituents is 1. The number of hydrogen-bond acceptors (Lipinski definition) is 2. The minimum absolute atomic E-state index is 0.149. The van der Waals surface area contributed by atoms with Crippen LogP contribution in [-0.2, 0) is 0 Å². The maximum absolute atomic E-state index is 8.63. The predicted octanol–water partition coefficient (Wildman–Crippen LogP) is 8.58. The van der Waals surface area contributed by atoms with E-state index in [1.165, 1.54) is 28.1 Å². The van der Waals surface area contributed by atoms with Gasteiger partial charge in [0, 0.05) is 11.6 Å². The van der Waals surface area contributed by atoms with Gasteiger partial charge in [-0.15, -0.1) is 0 Å². The van der Waals surface area contributed by atoms with Crippen molar-refractivity contribution >= 4 is 11.4 Å². The fourth-order valence-electron chi connectivity index (χ4n) is 3.48. The van der Waals surface area contributed by atoms with Crippen LogP contribution in [0, 0.1) is 11.3 Å². The Hall–Kier alpha value is -2.61. The summed E-state index contributed by atoms with van der Waals surface area (Å²) in [6, 6.07) is 15.3. The van der Waals surface area contributed by atoms with Gasteiger partial charge in [-0.05, 0) is 52.2 Å². The highest BCUT2D eigenvalue weighted by atomic mass is 16.3. The van der Waals surface area contributed by atoms with Gasteiger partial charge in [0.1, 0.15) is 5.75 Å². The van der Waals surface area contributed by atoms with Crippen LogP contribution in [0.4, 0.5) is 5.69 Å². The molecule has 31 heavy (non-hydrogen) atoms. The van der Waals surface area contributed by atoms with Gasteiger partial charge in [-0.25, -0.2) is 0 Å². The first-order valence-corrected chi connectivity index (χ1v) is 11.4. The van der Waals surface area contributed by atoms with Gasteiger partial charge in [0.15, 0.2) is 0 Å². The summed E-state index contributed by atoms with van der Waals surface area (Å²) in [7, 11) is 0. The summed E-state index contributed by atoms with van der Waals surface area (Å²) in [5.74, 6) is 1.63. The zero-order valence-electron chi connectivity index (χ0n) is 20.5. The number of nitrogens with zero attached hydrogens (tertiary/aromatic N) is 1. The van der Waals surface area contributed by atoms with E-state index in [0.717, 1.165) is 0 Å². The highest BCUT2D eigenvalue weighted by Crippen LogP contribution is 2.37. The van der Waals surface area contributed by atoms with E-state index >= 15 is 0 Å². The minimum atomic E-state index is 0.149. The lowest BCUT2D eigenvalue weighted by Crippen LogP contribution is -2.17. The zero-order valence-corrected chi connectivity index (χ0v) is 20.5. The van der Waals surface area contributed by atoms with Gasteiger partial charge in [-0.2, -0.15) is 0 Å². The standard InChI is InChI=1S/C23H33N.C6H6O/c1-15(2)19-10-9-11-20(16(3)4)22(19)24-21-14-18(23(6,7)8)13-12-17(21)5;7-6-4-2-1-3-5-6/h9-17H,1-8H3;1-5,7H. The largest absolute Gasteiger partial charge is 0.508 e. The van der Waals surface area contributed by atoms with E-state index in [4.69, 9.17) is 10.1 Å². The van der Waals surface area contributed by atoms with Gasteiger partial charge in [0.05, 0.1) is 5.69 Å². The molecule has 2 aromatic rings. The van der Waals surface area contributed by atoms with Crippen molar-refractivity contribution in [2.24, 2.45) is 16.3 Å². The van der Waals surface area contributed by atoms with Crippen LogP contribution in [0.5, 0.6) is 5.75 Å². The molecule has 0 saturated heterocycles. The first-order chi connectivity index (χ1) is 14.5. The van der Waals surface area contributed by atoms with E-state index in [2.05, 4.69) is 91.8 Å². The average Bonchev–Trinajstić information content (AvgIpc) is 2.69. The molecule has 1 N–H and O–H groups in total. The topological polar surface area (TPSA) is 32.6 Å². The molecule has 0 aromatic heterocycles. The molecule has 0 fully saturated rings. The number of benzene rings is 2. The summed E-state index contributed by atoms with van der Waals surface area (Å²) in [6.45, 7) is 18.0. The summed E-state index contributed by atoms with van der Waals surface area (Å²) in [6.07, 6.45) is 6.85. The molecule has 3 rings (SSSR count). The third-order valence-electron chi connectivity index (χ3n) is 5.54. The van der Waals surface area contributed by atoms with Crippen LogP contribution in [0.1, 0.15) is 78.4 Å². The van der Waals surface area contributed by atoms with Gasteiger partial charge in [-0.3, -0.25) is 4.99 Å². The number of hydrogen-bond donors (Lipinski definition) is 1. The first kappa shape index (κ1) is 24.7. The molecule has 2 heteroatoms. The van der Waals surface area contributed by atoms with Crippen LogP contribution < -0.4 is 0 Å². The molecular weight excluding hydrogens is 378 g/mol. The highest BCUT2D eigenvalue weighted by Gasteiger charge is 2.21. The lowest BCUT2D eigenvalue weighted by atomic mass is 9.81. The molecular formula is C29H39NO. The quantitative estimate of drug-likeness (QED) is 0.533. The van der Waals surface area contributed by atoms with E-state index in [1.807, 2.05) is 6.07 Å².